The maximum atomic E-state index is 13.6. The zero-order chi connectivity index (χ0) is 28.0. The largest absolute Gasteiger partial charge is 0.371 e. The van der Waals surface area contributed by atoms with Crippen molar-refractivity contribution in [1.29, 1.82) is 5.26 Å². The Kier molecular flexibility index (Phi) is 6.17. The van der Waals surface area contributed by atoms with Crippen LogP contribution in [0.25, 0.3) is 21.5 Å². The molecule has 5 aromatic rings. The highest BCUT2D eigenvalue weighted by atomic mass is 32.2. The Morgan fingerprint density at radius 3 is 2.48 bits per heavy atom. The summed E-state index contributed by atoms with van der Waals surface area (Å²) < 4.78 is 28.4. The minimum absolute atomic E-state index is 0.00659. The average molecular weight is 571 g/mol. The van der Waals surface area contributed by atoms with E-state index >= 15 is 0 Å². The predicted octanol–water partition coefficient (Wildman–Crippen LogP) is 4.35. The highest BCUT2D eigenvalue weighted by Crippen LogP contribution is 2.38. The van der Waals surface area contributed by atoms with Crippen LogP contribution < -0.4 is 20.2 Å². The predicted molar refractivity (Wildman–Crippen MR) is 156 cm³/mol. The molecule has 0 bridgehead atoms. The lowest BCUT2D eigenvalue weighted by Gasteiger charge is -2.36. The molecule has 1 aliphatic rings. The van der Waals surface area contributed by atoms with Crippen LogP contribution >= 0.6 is 11.3 Å². The molecule has 12 heteroatoms. The number of H-pyrrole nitrogens is 2. The minimum atomic E-state index is -3.93. The van der Waals surface area contributed by atoms with Crippen molar-refractivity contribution in [1.82, 2.24) is 9.97 Å². The summed E-state index contributed by atoms with van der Waals surface area (Å²) in [7, 11) is -1.95. The molecule has 200 valence electrons. The van der Waals surface area contributed by atoms with Crippen molar-refractivity contribution in [3.8, 4) is 16.5 Å². The van der Waals surface area contributed by atoms with Crippen LogP contribution in [-0.4, -0.2) is 44.4 Å². The highest BCUT2D eigenvalue weighted by molar-refractivity contribution is 7.92. The maximum Gasteiger partial charge on any atom is 0.323 e. The van der Waals surface area contributed by atoms with Gasteiger partial charge in [0.15, 0.2) is 0 Å². The number of carbonyl (C=O) groups excluding carboxylic acids is 1. The summed E-state index contributed by atoms with van der Waals surface area (Å²) in [6.07, 6.45) is 0. The monoisotopic (exact) mass is 570 g/mol. The number of amides is 1. The Hall–Kier alpha value is -4.86. The van der Waals surface area contributed by atoms with Crippen LogP contribution in [0.3, 0.4) is 0 Å². The molecule has 0 radical (unpaired) electrons. The van der Waals surface area contributed by atoms with Gasteiger partial charge in [0.05, 0.1) is 27.3 Å². The topological polar surface area (TPSA) is 142 Å². The minimum Gasteiger partial charge on any atom is -0.371 e. The lowest BCUT2D eigenvalue weighted by atomic mass is 10.1. The molecule has 3 N–H and O–H groups in total. The Morgan fingerprint density at radius 2 is 1.73 bits per heavy atom. The number of carbonyl (C=O) groups is 1. The second-order valence-electron chi connectivity index (χ2n) is 9.33. The van der Waals surface area contributed by atoms with E-state index in [9.17, 15) is 23.3 Å². The fourth-order valence-electron chi connectivity index (χ4n) is 4.70. The number of fused-ring (bicyclic) bond motifs is 2. The van der Waals surface area contributed by atoms with Gasteiger partial charge in [0, 0.05) is 36.3 Å². The van der Waals surface area contributed by atoms with E-state index in [0.29, 0.717) is 40.3 Å². The SMILES string of the molecule is CN1CCN(C(=O)c2ccc(NS(=O)(=O)c3ccc4[nH]c(=O)[nH]c4c3)cc2)c2cc(-c3ccc(C#N)s3)ccc21. The first-order valence-electron chi connectivity index (χ1n) is 12.2. The Bertz CT molecular complexity index is 1980. The first kappa shape index (κ1) is 25.4. The van der Waals surface area contributed by atoms with Crippen LogP contribution in [0.5, 0.6) is 0 Å². The van der Waals surface area contributed by atoms with E-state index in [1.807, 2.05) is 31.3 Å². The summed E-state index contributed by atoms with van der Waals surface area (Å²) >= 11 is 1.40. The van der Waals surface area contributed by atoms with Gasteiger partial charge < -0.3 is 19.8 Å². The zero-order valence-electron chi connectivity index (χ0n) is 21.1. The van der Waals surface area contributed by atoms with Gasteiger partial charge in [-0.05, 0) is 72.3 Å². The van der Waals surface area contributed by atoms with Crippen molar-refractivity contribution in [2.24, 2.45) is 0 Å². The number of nitriles is 1. The molecule has 2 aromatic heterocycles. The molecule has 0 spiro atoms. The summed E-state index contributed by atoms with van der Waals surface area (Å²) in [6.45, 7) is 1.14. The van der Waals surface area contributed by atoms with E-state index in [-0.39, 0.29) is 10.8 Å². The second-order valence-corrected chi connectivity index (χ2v) is 12.1. The number of aromatic amines is 2. The molecular formula is C28H22N6O4S2. The third-order valence-corrected chi connectivity index (χ3v) is 9.18. The van der Waals surface area contributed by atoms with E-state index in [1.165, 1.54) is 29.5 Å². The van der Waals surface area contributed by atoms with E-state index < -0.39 is 15.7 Å². The third kappa shape index (κ3) is 4.61. The van der Waals surface area contributed by atoms with Crippen LogP contribution in [0.4, 0.5) is 17.1 Å². The molecule has 1 amide bonds. The van der Waals surface area contributed by atoms with Gasteiger partial charge in [-0.15, -0.1) is 11.3 Å². The van der Waals surface area contributed by atoms with Gasteiger partial charge in [0.25, 0.3) is 15.9 Å². The number of anilines is 3. The molecule has 0 fully saturated rings. The lowest BCUT2D eigenvalue weighted by molar-refractivity contribution is 0.0987. The molecule has 3 heterocycles. The number of aromatic nitrogens is 2. The molecule has 40 heavy (non-hydrogen) atoms. The molecule has 0 unspecified atom stereocenters. The van der Waals surface area contributed by atoms with Crippen LogP contribution in [0, 0.1) is 11.3 Å². The molecule has 10 nitrogen and oxygen atoms in total. The number of hydrogen-bond donors (Lipinski definition) is 3. The van der Waals surface area contributed by atoms with Crippen LogP contribution in [0.1, 0.15) is 15.2 Å². The molecule has 0 saturated heterocycles. The van der Waals surface area contributed by atoms with Gasteiger partial charge in [-0.25, -0.2) is 13.2 Å². The first-order valence-corrected chi connectivity index (χ1v) is 14.5. The van der Waals surface area contributed by atoms with Crippen molar-refractivity contribution in [3.05, 3.63) is 93.7 Å². The molecule has 3 aromatic carbocycles. The Labute approximate surface area is 233 Å². The summed E-state index contributed by atoms with van der Waals surface area (Å²) in [5.41, 5.74) is 3.79. The number of sulfonamides is 1. The van der Waals surface area contributed by atoms with Gasteiger partial charge in [0.1, 0.15) is 10.9 Å². The lowest BCUT2D eigenvalue weighted by Crippen LogP contribution is -2.42. The van der Waals surface area contributed by atoms with Crippen molar-refractivity contribution in [2.75, 3.05) is 34.7 Å². The van der Waals surface area contributed by atoms with Gasteiger partial charge >= 0.3 is 5.69 Å². The standard InChI is InChI=1S/C28H22N6O4S2/c1-33-12-13-34(25-14-18(4-10-24(25)33)26-11-7-20(16-29)39-26)27(35)17-2-5-19(6-3-17)32-40(37,38)21-8-9-22-23(15-21)31-28(36)30-22/h2-11,14-15,32H,12-13H2,1H3,(H2,30,31,36). The number of imidazole rings is 1. The van der Waals surface area contributed by atoms with Crippen LogP contribution in [0.15, 0.2) is 82.5 Å². The summed E-state index contributed by atoms with van der Waals surface area (Å²) in [5, 5.41) is 9.19. The fourth-order valence-corrected chi connectivity index (χ4v) is 6.58. The molecule has 0 aliphatic carbocycles. The quantitative estimate of drug-likeness (QED) is 0.287. The molecule has 0 atom stereocenters. The Balaban J connectivity index is 1.25. The number of nitrogens with one attached hydrogen (secondary N) is 3. The van der Waals surface area contributed by atoms with Gasteiger partial charge in [-0.1, -0.05) is 6.07 Å². The normalized spacial score (nSPS) is 13.2. The molecule has 1 aliphatic heterocycles. The van der Waals surface area contributed by atoms with E-state index in [1.54, 1.807) is 35.2 Å². The van der Waals surface area contributed by atoms with E-state index in [0.717, 1.165) is 21.8 Å². The number of rotatable bonds is 5. The maximum absolute atomic E-state index is 13.6. The second kappa shape index (κ2) is 9.71. The van der Waals surface area contributed by atoms with E-state index in [2.05, 4.69) is 25.7 Å². The molecular weight excluding hydrogens is 548 g/mol. The van der Waals surface area contributed by atoms with E-state index in [4.69, 9.17) is 0 Å². The number of hydrogen-bond acceptors (Lipinski definition) is 7. The van der Waals surface area contributed by atoms with Crippen LogP contribution in [0.2, 0.25) is 0 Å². The fraction of sp³-hybridized carbons (Fsp3) is 0.107. The summed E-state index contributed by atoms with van der Waals surface area (Å²) in [6, 6.07) is 22.4. The summed E-state index contributed by atoms with van der Waals surface area (Å²) in [5.74, 6) is -0.202. The zero-order valence-corrected chi connectivity index (χ0v) is 22.8. The van der Waals surface area contributed by atoms with Crippen molar-refractivity contribution in [2.45, 2.75) is 4.90 Å². The van der Waals surface area contributed by atoms with Gasteiger partial charge in [0.2, 0.25) is 0 Å². The average Bonchev–Trinajstić information content (AvgIpc) is 3.58. The number of benzene rings is 3. The number of nitrogens with zero attached hydrogens (tertiary/aromatic N) is 3. The third-order valence-electron chi connectivity index (χ3n) is 6.76. The number of likely N-dealkylation sites (N-methyl/N-ethyl adjacent to an activating group) is 1. The smallest absolute Gasteiger partial charge is 0.323 e. The van der Waals surface area contributed by atoms with Gasteiger partial charge in [-0.2, -0.15) is 5.26 Å². The van der Waals surface area contributed by atoms with Gasteiger partial charge in [-0.3, -0.25) is 9.52 Å². The van der Waals surface area contributed by atoms with Crippen molar-refractivity contribution >= 4 is 55.4 Å². The van der Waals surface area contributed by atoms with Crippen molar-refractivity contribution < 1.29 is 13.2 Å². The first-order chi connectivity index (χ1) is 19.2. The molecule has 0 saturated carbocycles. The summed E-state index contributed by atoms with van der Waals surface area (Å²) in [4.78, 5) is 35.6. The molecule has 6 rings (SSSR count). The Morgan fingerprint density at radius 1 is 0.950 bits per heavy atom. The van der Waals surface area contributed by atoms with Crippen LogP contribution in [-0.2, 0) is 10.0 Å². The van der Waals surface area contributed by atoms with Crippen molar-refractivity contribution in [3.63, 3.8) is 0 Å². The highest BCUT2D eigenvalue weighted by Gasteiger charge is 2.27. The number of thiophene rings is 1.